The fourth-order valence-electron chi connectivity index (χ4n) is 2.49. The van der Waals surface area contributed by atoms with E-state index < -0.39 is 11.5 Å². The van der Waals surface area contributed by atoms with Crippen molar-refractivity contribution in [3.8, 4) is 5.75 Å². The van der Waals surface area contributed by atoms with E-state index in [0.717, 1.165) is 0 Å². The number of hydrazone groups is 1. The molecule has 3 aromatic rings. The highest BCUT2D eigenvalue weighted by Crippen LogP contribution is 2.25. The second kappa shape index (κ2) is 6.78. The summed E-state index contributed by atoms with van der Waals surface area (Å²) in [4.78, 5) is 24.7. The first-order valence-corrected chi connectivity index (χ1v) is 7.76. The first kappa shape index (κ1) is 16.7. The third-order valence-electron chi connectivity index (χ3n) is 3.73. The van der Waals surface area contributed by atoms with E-state index in [0.29, 0.717) is 21.5 Å². The molecule has 1 amide bonds. The van der Waals surface area contributed by atoms with Crippen molar-refractivity contribution in [2.45, 2.75) is 0 Å². The summed E-state index contributed by atoms with van der Waals surface area (Å²) < 4.78 is 1.31. The molecule has 25 heavy (non-hydrogen) atoms. The Labute approximate surface area is 148 Å². The van der Waals surface area contributed by atoms with Crippen LogP contribution in [0.5, 0.6) is 5.75 Å². The minimum absolute atomic E-state index is 0.357. The fourth-order valence-corrected chi connectivity index (χ4v) is 2.69. The molecule has 0 unspecified atom stereocenters. The van der Waals surface area contributed by atoms with E-state index in [4.69, 9.17) is 11.6 Å². The smallest absolute Gasteiger partial charge is 0.280 e. The summed E-state index contributed by atoms with van der Waals surface area (Å²) in [5, 5.41) is 15.1. The minimum Gasteiger partial charge on any atom is -0.506 e. The molecule has 0 spiro atoms. The highest BCUT2D eigenvalue weighted by Gasteiger charge is 2.20. The third kappa shape index (κ3) is 3.25. The van der Waals surface area contributed by atoms with Crippen molar-refractivity contribution in [2.75, 3.05) is 0 Å². The summed E-state index contributed by atoms with van der Waals surface area (Å²) in [5.74, 6) is -1.16. The molecular weight excluding hydrogens is 342 g/mol. The van der Waals surface area contributed by atoms with Crippen molar-refractivity contribution in [1.82, 2.24) is 9.99 Å². The lowest BCUT2D eigenvalue weighted by molar-refractivity contribution is 0.0950. The van der Waals surface area contributed by atoms with Gasteiger partial charge >= 0.3 is 0 Å². The van der Waals surface area contributed by atoms with Crippen LogP contribution in [0.1, 0.15) is 15.9 Å². The molecule has 2 N–H and O–H groups in total. The molecule has 7 heteroatoms. The monoisotopic (exact) mass is 355 g/mol. The minimum atomic E-state index is -0.790. The molecule has 0 aliphatic carbocycles. The number of amides is 1. The Kier molecular flexibility index (Phi) is 4.54. The Hall–Kier alpha value is -3.12. The van der Waals surface area contributed by atoms with Crippen molar-refractivity contribution in [3.63, 3.8) is 0 Å². The maximum atomic E-state index is 12.4. The van der Waals surface area contributed by atoms with Crippen LogP contribution in [0.15, 0.2) is 58.4 Å². The third-order valence-corrected chi connectivity index (χ3v) is 3.97. The highest BCUT2D eigenvalue weighted by molar-refractivity contribution is 6.30. The number of pyridine rings is 1. The molecular formula is C18H14ClN3O3. The quantitative estimate of drug-likeness (QED) is 0.559. The van der Waals surface area contributed by atoms with Crippen LogP contribution in [0, 0.1) is 0 Å². The SMILES string of the molecule is Cn1c(=O)c(C(=O)N/N=C\c2cccc(Cl)c2)c(O)c2ccccc21. The van der Waals surface area contributed by atoms with Crippen molar-refractivity contribution >= 4 is 34.6 Å². The molecule has 1 aromatic heterocycles. The summed E-state index contributed by atoms with van der Waals surface area (Å²) in [6.45, 7) is 0. The summed E-state index contributed by atoms with van der Waals surface area (Å²) in [5.41, 5.74) is 2.51. The van der Waals surface area contributed by atoms with Crippen LogP contribution in [0.2, 0.25) is 5.02 Å². The number of carbonyl (C=O) groups is 1. The van der Waals surface area contributed by atoms with E-state index in [2.05, 4.69) is 10.5 Å². The molecule has 0 aliphatic heterocycles. The number of aromatic nitrogens is 1. The normalized spacial score (nSPS) is 11.1. The van der Waals surface area contributed by atoms with Gasteiger partial charge in [0.25, 0.3) is 11.5 Å². The van der Waals surface area contributed by atoms with E-state index in [9.17, 15) is 14.7 Å². The Morgan fingerprint density at radius 2 is 2.00 bits per heavy atom. The number of nitrogens with zero attached hydrogens (tertiary/aromatic N) is 2. The van der Waals surface area contributed by atoms with E-state index in [1.807, 2.05) is 0 Å². The number of fused-ring (bicyclic) bond motifs is 1. The molecule has 2 aromatic carbocycles. The maximum absolute atomic E-state index is 12.4. The average molecular weight is 356 g/mol. The first-order chi connectivity index (χ1) is 12.0. The van der Waals surface area contributed by atoms with Gasteiger partial charge in [-0.05, 0) is 29.8 Å². The summed E-state index contributed by atoms with van der Waals surface area (Å²) in [6, 6.07) is 13.7. The van der Waals surface area contributed by atoms with Gasteiger partial charge in [-0.3, -0.25) is 9.59 Å². The van der Waals surface area contributed by atoms with Crippen LogP contribution in [0.25, 0.3) is 10.9 Å². The molecule has 0 bridgehead atoms. The van der Waals surface area contributed by atoms with Crippen LogP contribution in [-0.2, 0) is 7.05 Å². The molecule has 6 nitrogen and oxygen atoms in total. The van der Waals surface area contributed by atoms with Gasteiger partial charge in [0.05, 0.1) is 11.7 Å². The molecule has 126 valence electrons. The number of nitrogens with one attached hydrogen (secondary N) is 1. The van der Waals surface area contributed by atoms with Gasteiger partial charge in [0.1, 0.15) is 11.3 Å². The van der Waals surface area contributed by atoms with Crippen molar-refractivity contribution in [2.24, 2.45) is 12.1 Å². The molecule has 3 rings (SSSR count). The molecule has 0 saturated carbocycles. The zero-order valence-electron chi connectivity index (χ0n) is 13.2. The van der Waals surface area contributed by atoms with Gasteiger partial charge < -0.3 is 9.67 Å². The Bertz CT molecular complexity index is 1060. The van der Waals surface area contributed by atoms with Gasteiger partial charge in [-0.1, -0.05) is 35.9 Å². The van der Waals surface area contributed by atoms with Gasteiger partial charge in [0.2, 0.25) is 0 Å². The van der Waals surface area contributed by atoms with E-state index in [-0.39, 0.29) is 11.3 Å². The highest BCUT2D eigenvalue weighted by atomic mass is 35.5. The second-order valence-electron chi connectivity index (χ2n) is 5.36. The number of rotatable bonds is 3. The number of hydrogen-bond acceptors (Lipinski definition) is 4. The van der Waals surface area contributed by atoms with Crippen LogP contribution < -0.4 is 11.0 Å². The number of carbonyl (C=O) groups excluding carboxylic acids is 1. The van der Waals surface area contributed by atoms with Gasteiger partial charge in [0, 0.05) is 17.5 Å². The van der Waals surface area contributed by atoms with Crippen LogP contribution in [0.3, 0.4) is 0 Å². The average Bonchev–Trinajstić information content (AvgIpc) is 2.60. The molecule has 0 radical (unpaired) electrons. The first-order valence-electron chi connectivity index (χ1n) is 7.38. The lowest BCUT2D eigenvalue weighted by Crippen LogP contribution is -2.30. The largest absolute Gasteiger partial charge is 0.506 e. The predicted octanol–water partition coefficient (Wildman–Crippen LogP) is 2.66. The summed E-state index contributed by atoms with van der Waals surface area (Å²) >= 11 is 5.87. The van der Waals surface area contributed by atoms with Crippen LogP contribution in [-0.4, -0.2) is 21.8 Å². The molecule has 0 saturated heterocycles. The van der Waals surface area contributed by atoms with Gasteiger partial charge in [-0.15, -0.1) is 0 Å². The summed E-state index contributed by atoms with van der Waals surface area (Å²) in [7, 11) is 1.54. The number of aromatic hydroxyl groups is 1. The van der Waals surface area contributed by atoms with Crippen molar-refractivity contribution in [3.05, 3.63) is 75.0 Å². The standard InChI is InChI=1S/C18H14ClN3O3/c1-22-14-8-3-2-7-13(14)16(23)15(18(22)25)17(24)21-20-10-11-5-4-6-12(19)9-11/h2-10,23H,1H3,(H,21,24)/b20-10-. The Morgan fingerprint density at radius 3 is 2.76 bits per heavy atom. The van der Waals surface area contributed by atoms with Gasteiger partial charge in [-0.2, -0.15) is 5.10 Å². The van der Waals surface area contributed by atoms with Crippen LogP contribution in [0.4, 0.5) is 0 Å². The van der Waals surface area contributed by atoms with Gasteiger partial charge in [-0.25, -0.2) is 5.43 Å². The molecule has 0 aliphatic rings. The number of benzene rings is 2. The number of aryl methyl sites for hydroxylation is 1. The number of para-hydroxylation sites is 1. The fraction of sp³-hybridized carbons (Fsp3) is 0.0556. The molecule has 0 fully saturated rings. The lowest BCUT2D eigenvalue weighted by atomic mass is 10.1. The number of halogens is 1. The molecule has 1 heterocycles. The van der Waals surface area contributed by atoms with E-state index in [1.54, 1.807) is 48.5 Å². The summed E-state index contributed by atoms with van der Waals surface area (Å²) in [6.07, 6.45) is 1.40. The van der Waals surface area contributed by atoms with Crippen LogP contribution >= 0.6 is 11.6 Å². The Balaban J connectivity index is 1.94. The predicted molar refractivity (Wildman–Crippen MR) is 97.4 cm³/mol. The molecule has 0 atom stereocenters. The van der Waals surface area contributed by atoms with E-state index >= 15 is 0 Å². The zero-order valence-corrected chi connectivity index (χ0v) is 14.0. The number of hydrogen-bond donors (Lipinski definition) is 2. The van der Waals surface area contributed by atoms with Crippen molar-refractivity contribution in [1.29, 1.82) is 0 Å². The Morgan fingerprint density at radius 1 is 1.24 bits per heavy atom. The van der Waals surface area contributed by atoms with Crippen molar-refractivity contribution < 1.29 is 9.90 Å². The zero-order chi connectivity index (χ0) is 18.0. The maximum Gasteiger partial charge on any atom is 0.280 e. The van der Waals surface area contributed by atoms with Gasteiger partial charge in [0.15, 0.2) is 0 Å². The van der Waals surface area contributed by atoms with E-state index in [1.165, 1.54) is 17.8 Å². The lowest BCUT2D eigenvalue weighted by Gasteiger charge is -2.10. The topological polar surface area (TPSA) is 83.7 Å². The second-order valence-corrected chi connectivity index (χ2v) is 5.80.